The molecule has 0 aliphatic heterocycles. The van der Waals surface area contributed by atoms with Crippen LogP contribution in [0.15, 0.2) is 0 Å². The maximum Gasteiger partial charge on any atom is -0.00773 e. The first-order valence-electron chi connectivity index (χ1n) is 18.6. The van der Waals surface area contributed by atoms with E-state index >= 15 is 0 Å². The van der Waals surface area contributed by atoms with Crippen LogP contribution in [0.25, 0.3) is 0 Å². The molecule has 1 heteroatoms. The van der Waals surface area contributed by atoms with E-state index in [0.717, 1.165) is 6.54 Å². The average molecular weight is 536 g/mol. The topological polar surface area (TPSA) is 26.0 Å². The fraction of sp³-hybridized carbons (Fsp3) is 1.00. The van der Waals surface area contributed by atoms with Gasteiger partial charge in [-0.05, 0) is 13.0 Å². The monoisotopic (exact) mass is 536 g/mol. The highest BCUT2D eigenvalue weighted by Crippen LogP contribution is 2.17. The summed E-state index contributed by atoms with van der Waals surface area (Å²) < 4.78 is 0. The van der Waals surface area contributed by atoms with Gasteiger partial charge in [0.2, 0.25) is 0 Å². The van der Waals surface area contributed by atoms with Crippen LogP contribution in [0.4, 0.5) is 0 Å². The Labute approximate surface area is 243 Å². The smallest absolute Gasteiger partial charge is 0.00773 e. The van der Waals surface area contributed by atoms with Gasteiger partial charge in [-0.3, -0.25) is 0 Å². The molecule has 0 unspecified atom stereocenters. The Morgan fingerprint density at radius 1 is 0.211 bits per heavy atom. The molecule has 0 aromatic rings. The van der Waals surface area contributed by atoms with Crippen LogP contribution in [-0.4, -0.2) is 6.54 Å². The second kappa shape index (κ2) is 37.0. The quantitative estimate of drug-likeness (QED) is 0.0802. The lowest BCUT2D eigenvalue weighted by Gasteiger charge is -2.05. The van der Waals surface area contributed by atoms with Gasteiger partial charge >= 0.3 is 0 Å². The van der Waals surface area contributed by atoms with Gasteiger partial charge in [-0.2, -0.15) is 0 Å². The van der Waals surface area contributed by atoms with E-state index in [1.807, 2.05) is 0 Å². The first kappa shape index (κ1) is 38.0. The molecule has 0 aromatic carbocycles. The van der Waals surface area contributed by atoms with Gasteiger partial charge in [-0.15, -0.1) is 0 Å². The van der Waals surface area contributed by atoms with Crippen LogP contribution in [0, 0.1) is 0 Å². The third-order valence-electron chi connectivity index (χ3n) is 8.81. The van der Waals surface area contributed by atoms with Crippen molar-refractivity contribution in [3.8, 4) is 0 Å². The normalized spacial score (nSPS) is 11.5. The molecule has 0 spiro atoms. The van der Waals surface area contributed by atoms with E-state index < -0.39 is 0 Å². The summed E-state index contributed by atoms with van der Waals surface area (Å²) in [6.45, 7) is 3.18. The SMILES string of the molecule is CCCCCCCCCCCCCCCCCCCCCCCCCCCCCCCCCCCCCN. The lowest BCUT2D eigenvalue weighted by atomic mass is 10.0. The third-order valence-corrected chi connectivity index (χ3v) is 8.81. The summed E-state index contributed by atoms with van der Waals surface area (Å²) in [6.07, 6.45) is 51.3. The van der Waals surface area contributed by atoms with E-state index in [1.54, 1.807) is 0 Å². The van der Waals surface area contributed by atoms with Crippen molar-refractivity contribution < 1.29 is 0 Å². The van der Waals surface area contributed by atoms with Gasteiger partial charge in [0, 0.05) is 0 Å². The number of hydrogen-bond acceptors (Lipinski definition) is 1. The molecule has 0 aliphatic rings. The molecule has 0 aromatic heterocycles. The molecular formula is C37H77N. The summed E-state index contributed by atoms with van der Waals surface area (Å²) in [4.78, 5) is 0. The number of unbranched alkanes of at least 4 members (excludes halogenated alkanes) is 34. The Morgan fingerprint density at radius 2 is 0.342 bits per heavy atom. The Morgan fingerprint density at radius 3 is 0.474 bits per heavy atom. The summed E-state index contributed by atoms with van der Waals surface area (Å²) in [6, 6.07) is 0. The number of hydrogen-bond donors (Lipinski definition) is 1. The summed E-state index contributed by atoms with van der Waals surface area (Å²) in [7, 11) is 0. The molecule has 2 N–H and O–H groups in total. The van der Waals surface area contributed by atoms with Gasteiger partial charge < -0.3 is 5.73 Å². The zero-order valence-corrected chi connectivity index (χ0v) is 27.0. The number of nitrogens with two attached hydrogens (primary N) is 1. The van der Waals surface area contributed by atoms with E-state index in [4.69, 9.17) is 5.73 Å². The zero-order chi connectivity index (χ0) is 27.5. The predicted molar refractivity (Wildman–Crippen MR) is 176 cm³/mol. The molecule has 1 nitrogen and oxygen atoms in total. The van der Waals surface area contributed by atoms with Crippen molar-refractivity contribution in [1.82, 2.24) is 0 Å². The van der Waals surface area contributed by atoms with Crippen molar-refractivity contribution in [2.24, 2.45) is 5.73 Å². The summed E-state index contributed by atoms with van der Waals surface area (Å²) in [5, 5.41) is 0. The molecule has 38 heavy (non-hydrogen) atoms. The van der Waals surface area contributed by atoms with Crippen LogP contribution >= 0.6 is 0 Å². The van der Waals surface area contributed by atoms with Crippen molar-refractivity contribution in [3.05, 3.63) is 0 Å². The fourth-order valence-corrected chi connectivity index (χ4v) is 6.05. The van der Waals surface area contributed by atoms with E-state index in [9.17, 15) is 0 Å². The van der Waals surface area contributed by atoms with Crippen LogP contribution < -0.4 is 5.73 Å². The van der Waals surface area contributed by atoms with Crippen LogP contribution in [0.1, 0.15) is 232 Å². The molecule has 0 heterocycles. The Kier molecular flexibility index (Phi) is 36.9. The second-order valence-corrected chi connectivity index (χ2v) is 12.8. The van der Waals surface area contributed by atoms with Crippen LogP contribution in [0.2, 0.25) is 0 Å². The summed E-state index contributed by atoms with van der Waals surface area (Å²) in [5.74, 6) is 0. The van der Waals surface area contributed by atoms with E-state index in [2.05, 4.69) is 6.92 Å². The highest BCUT2D eigenvalue weighted by atomic mass is 14.5. The van der Waals surface area contributed by atoms with Gasteiger partial charge in [0.05, 0.1) is 0 Å². The van der Waals surface area contributed by atoms with Gasteiger partial charge in [0.1, 0.15) is 0 Å². The minimum Gasteiger partial charge on any atom is -0.330 e. The average Bonchev–Trinajstić information content (AvgIpc) is 2.93. The molecule has 0 saturated carbocycles. The fourth-order valence-electron chi connectivity index (χ4n) is 6.05. The number of rotatable bonds is 35. The van der Waals surface area contributed by atoms with Crippen molar-refractivity contribution in [3.63, 3.8) is 0 Å². The first-order valence-corrected chi connectivity index (χ1v) is 18.6. The van der Waals surface area contributed by atoms with Crippen molar-refractivity contribution >= 4 is 0 Å². The maximum absolute atomic E-state index is 5.55. The van der Waals surface area contributed by atoms with Crippen molar-refractivity contribution in [1.29, 1.82) is 0 Å². The second-order valence-electron chi connectivity index (χ2n) is 12.8. The Balaban J connectivity index is 3.01. The molecule has 0 saturated heterocycles. The lowest BCUT2D eigenvalue weighted by Crippen LogP contribution is -1.97. The minimum absolute atomic E-state index is 0.875. The largest absolute Gasteiger partial charge is 0.330 e. The molecular weight excluding hydrogens is 458 g/mol. The van der Waals surface area contributed by atoms with Crippen LogP contribution in [0.5, 0.6) is 0 Å². The highest BCUT2D eigenvalue weighted by molar-refractivity contribution is 4.53. The highest BCUT2D eigenvalue weighted by Gasteiger charge is 1.97. The van der Waals surface area contributed by atoms with Crippen molar-refractivity contribution in [2.45, 2.75) is 232 Å². The van der Waals surface area contributed by atoms with E-state index in [-0.39, 0.29) is 0 Å². The summed E-state index contributed by atoms with van der Waals surface area (Å²) in [5.41, 5.74) is 5.55. The van der Waals surface area contributed by atoms with Crippen LogP contribution in [-0.2, 0) is 0 Å². The lowest BCUT2D eigenvalue weighted by molar-refractivity contribution is 0.511. The van der Waals surface area contributed by atoms with E-state index in [1.165, 1.54) is 225 Å². The molecule has 0 fully saturated rings. The molecule has 0 amide bonds. The molecule has 0 bridgehead atoms. The molecule has 0 rings (SSSR count). The van der Waals surface area contributed by atoms with Crippen molar-refractivity contribution in [2.75, 3.05) is 6.54 Å². The van der Waals surface area contributed by atoms with Gasteiger partial charge in [-0.25, -0.2) is 0 Å². The Hall–Kier alpha value is -0.0400. The van der Waals surface area contributed by atoms with Crippen LogP contribution in [0.3, 0.4) is 0 Å². The molecule has 0 atom stereocenters. The molecule has 0 aliphatic carbocycles. The summed E-state index contributed by atoms with van der Waals surface area (Å²) >= 11 is 0. The van der Waals surface area contributed by atoms with Gasteiger partial charge in [0.15, 0.2) is 0 Å². The standard InChI is InChI=1S/C37H77N/c1-2-3-4-5-6-7-8-9-10-11-12-13-14-15-16-17-18-19-20-21-22-23-24-25-26-27-28-29-30-31-32-33-34-35-36-37-38/h2-38H2,1H3. The van der Waals surface area contributed by atoms with Gasteiger partial charge in [0.25, 0.3) is 0 Å². The minimum atomic E-state index is 0.875. The maximum atomic E-state index is 5.55. The Bertz CT molecular complexity index is 343. The van der Waals surface area contributed by atoms with Gasteiger partial charge in [-0.1, -0.05) is 225 Å². The zero-order valence-electron chi connectivity index (χ0n) is 27.0. The predicted octanol–water partition coefficient (Wildman–Crippen LogP) is 13.6. The van der Waals surface area contributed by atoms with E-state index in [0.29, 0.717) is 0 Å². The third kappa shape index (κ3) is 36.0. The first-order chi connectivity index (χ1) is 18.9. The molecule has 230 valence electrons. The molecule has 0 radical (unpaired) electrons.